The van der Waals surface area contributed by atoms with Crippen molar-refractivity contribution in [2.45, 2.75) is 26.8 Å². The molecule has 0 aromatic heterocycles. The smallest absolute Gasteiger partial charge is 0.337 e. The molecular formula is C23H26N2O4. The van der Waals surface area contributed by atoms with Crippen molar-refractivity contribution < 1.29 is 19.1 Å². The number of carbonyl (C=O) groups is 3. The lowest BCUT2D eigenvalue weighted by atomic mass is 10.1. The van der Waals surface area contributed by atoms with Gasteiger partial charge < -0.3 is 14.5 Å². The van der Waals surface area contributed by atoms with Gasteiger partial charge in [0.15, 0.2) is 0 Å². The van der Waals surface area contributed by atoms with Gasteiger partial charge in [-0.05, 0) is 48.7 Å². The van der Waals surface area contributed by atoms with Crippen LogP contribution in [0.1, 0.15) is 33.5 Å². The van der Waals surface area contributed by atoms with E-state index in [1.807, 2.05) is 32.0 Å². The van der Waals surface area contributed by atoms with Crippen LogP contribution >= 0.6 is 0 Å². The Bertz CT molecular complexity index is 936. The van der Waals surface area contributed by atoms with Gasteiger partial charge in [-0.2, -0.15) is 0 Å². The number of anilines is 1. The van der Waals surface area contributed by atoms with Crippen LogP contribution in [0.25, 0.3) is 0 Å². The summed E-state index contributed by atoms with van der Waals surface area (Å²) in [5.41, 5.74) is 4.44. The van der Waals surface area contributed by atoms with Gasteiger partial charge in [0.1, 0.15) is 0 Å². The quantitative estimate of drug-likeness (QED) is 0.731. The molecule has 2 aromatic rings. The normalized spacial score (nSPS) is 16.1. The lowest BCUT2D eigenvalue weighted by molar-refractivity contribution is -0.135. The van der Waals surface area contributed by atoms with Gasteiger partial charge in [-0.1, -0.05) is 24.3 Å². The fourth-order valence-electron chi connectivity index (χ4n) is 3.66. The third kappa shape index (κ3) is 4.31. The molecule has 1 saturated heterocycles. The molecule has 6 nitrogen and oxygen atoms in total. The number of nitrogens with zero attached hydrogens (tertiary/aromatic N) is 2. The fraction of sp³-hybridized carbons (Fsp3) is 0.348. The third-order valence-corrected chi connectivity index (χ3v) is 5.51. The summed E-state index contributed by atoms with van der Waals surface area (Å²) in [4.78, 5) is 40.4. The van der Waals surface area contributed by atoms with Crippen molar-refractivity contribution in [2.24, 2.45) is 5.92 Å². The van der Waals surface area contributed by atoms with Gasteiger partial charge in [-0.15, -0.1) is 0 Å². The molecule has 1 fully saturated rings. The van der Waals surface area contributed by atoms with Crippen LogP contribution in [0.15, 0.2) is 42.5 Å². The Morgan fingerprint density at radius 1 is 1.14 bits per heavy atom. The maximum atomic E-state index is 12.9. The van der Waals surface area contributed by atoms with Crippen LogP contribution in [0.2, 0.25) is 0 Å². The Hall–Kier alpha value is -3.15. The lowest BCUT2D eigenvalue weighted by Gasteiger charge is -2.23. The minimum absolute atomic E-state index is 0.0205. The molecule has 1 heterocycles. The highest BCUT2D eigenvalue weighted by Crippen LogP contribution is 2.30. The number of esters is 1. The molecule has 152 valence electrons. The molecule has 0 bridgehead atoms. The highest BCUT2D eigenvalue weighted by Gasteiger charge is 2.37. The molecule has 0 N–H and O–H groups in total. The Labute approximate surface area is 171 Å². The summed E-state index contributed by atoms with van der Waals surface area (Å²) >= 11 is 0. The van der Waals surface area contributed by atoms with Gasteiger partial charge in [0, 0.05) is 32.2 Å². The number of amides is 2. The van der Waals surface area contributed by atoms with Crippen molar-refractivity contribution in [1.29, 1.82) is 0 Å². The maximum Gasteiger partial charge on any atom is 0.337 e. The summed E-state index contributed by atoms with van der Waals surface area (Å²) in [7, 11) is 3.08. The Morgan fingerprint density at radius 2 is 1.83 bits per heavy atom. The third-order valence-electron chi connectivity index (χ3n) is 5.51. The Balaban J connectivity index is 1.66. The first kappa shape index (κ1) is 20.6. The van der Waals surface area contributed by atoms with Crippen molar-refractivity contribution in [1.82, 2.24) is 4.90 Å². The largest absolute Gasteiger partial charge is 0.465 e. The topological polar surface area (TPSA) is 66.9 Å². The molecule has 0 unspecified atom stereocenters. The molecule has 2 aromatic carbocycles. The first-order valence-electron chi connectivity index (χ1n) is 9.60. The van der Waals surface area contributed by atoms with E-state index >= 15 is 0 Å². The zero-order valence-electron chi connectivity index (χ0n) is 17.3. The molecule has 3 rings (SSSR count). The molecule has 0 aliphatic carbocycles. The molecule has 1 atom stereocenters. The second-order valence-electron chi connectivity index (χ2n) is 7.51. The number of benzene rings is 2. The number of hydrogen-bond donors (Lipinski definition) is 0. The number of ether oxygens (including phenoxy) is 1. The Morgan fingerprint density at radius 3 is 2.48 bits per heavy atom. The van der Waals surface area contributed by atoms with Crippen molar-refractivity contribution in [3.8, 4) is 0 Å². The SMILES string of the molecule is COC(=O)c1ccc(CN(C)C(=O)[C@H]2CC(=O)N(c3cccc(C)c3C)C2)cc1. The lowest BCUT2D eigenvalue weighted by Crippen LogP contribution is -2.34. The first-order valence-corrected chi connectivity index (χ1v) is 9.60. The van der Waals surface area contributed by atoms with Crippen LogP contribution in [-0.4, -0.2) is 43.4 Å². The molecule has 0 spiro atoms. The van der Waals surface area contributed by atoms with Gasteiger partial charge in [-0.3, -0.25) is 9.59 Å². The summed E-state index contributed by atoms with van der Waals surface area (Å²) in [5.74, 6) is -0.824. The maximum absolute atomic E-state index is 12.9. The fourth-order valence-corrected chi connectivity index (χ4v) is 3.66. The number of hydrogen-bond acceptors (Lipinski definition) is 4. The second-order valence-corrected chi connectivity index (χ2v) is 7.51. The van der Waals surface area contributed by atoms with E-state index in [9.17, 15) is 14.4 Å². The van der Waals surface area contributed by atoms with E-state index in [0.717, 1.165) is 22.4 Å². The molecule has 0 radical (unpaired) electrons. The summed E-state index contributed by atoms with van der Waals surface area (Å²) < 4.78 is 4.70. The molecule has 0 saturated carbocycles. The van der Waals surface area contributed by atoms with E-state index in [0.29, 0.717) is 18.7 Å². The number of aryl methyl sites for hydroxylation is 1. The number of carbonyl (C=O) groups excluding carboxylic acids is 3. The highest BCUT2D eigenvalue weighted by atomic mass is 16.5. The number of rotatable bonds is 5. The summed E-state index contributed by atoms with van der Waals surface area (Å²) in [6, 6.07) is 12.9. The van der Waals surface area contributed by atoms with E-state index in [1.54, 1.807) is 41.1 Å². The van der Waals surface area contributed by atoms with Gasteiger partial charge in [0.2, 0.25) is 11.8 Å². The zero-order valence-corrected chi connectivity index (χ0v) is 17.3. The molecule has 1 aliphatic heterocycles. The molecular weight excluding hydrogens is 368 g/mol. The van der Waals surface area contributed by atoms with Crippen LogP contribution in [-0.2, 0) is 20.9 Å². The van der Waals surface area contributed by atoms with E-state index in [1.165, 1.54) is 7.11 Å². The summed E-state index contributed by atoms with van der Waals surface area (Å²) in [6.45, 7) is 4.82. The molecule has 2 amide bonds. The zero-order chi connectivity index (χ0) is 21.1. The van der Waals surface area contributed by atoms with Crippen LogP contribution in [0.5, 0.6) is 0 Å². The summed E-state index contributed by atoms with van der Waals surface area (Å²) in [5, 5.41) is 0. The van der Waals surface area contributed by atoms with Crippen LogP contribution < -0.4 is 4.90 Å². The number of methoxy groups -OCH3 is 1. The minimum Gasteiger partial charge on any atom is -0.465 e. The van der Waals surface area contributed by atoms with Gasteiger partial charge in [0.05, 0.1) is 18.6 Å². The molecule has 29 heavy (non-hydrogen) atoms. The predicted molar refractivity (Wildman–Crippen MR) is 111 cm³/mol. The van der Waals surface area contributed by atoms with Gasteiger partial charge in [0.25, 0.3) is 0 Å². The van der Waals surface area contributed by atoms with E-state index in [2.05, 4.69) is 0 Å². The first-order chi connectivity index (χ1) is 13.8. The van der Waals surface area contributed by atoms with Crippen LogP contribution in [0.4, 0.5) is 5.69 Å². The second kappa shape index (κ2) is 8.47. The average molecular weight is 394 g/mol. The standard InChI is InChI=1S/C23H26N2O4/c1-15-6-5-7-20(16(15)2)25-14-19(12-21(25)26)22(27)24(3)13-17-8-10-18(11-9-17)23(28)29-4/h5-11,19H,12-14H2,1-4H3/t19-/m0/s1. The van der Waals surface area contributed by atoms with Crippen molar-refractivity contribution >= 4 is 23.5 Å². The van der Waals surface area contributed by atoms with E-state index < -0.39 is 5.97 Å². The monoisotopic (exact) mass is 394 g/mol. The van der Waals surface area contributed by atoms with Crippen molar-refractivity contribution in [3.63, 3.8) is 0 Å². The molecule has 6 heteroatoms. The van der Waals surface area contributed by atoms with Gasteiger partial charge >= 0.3 is 5.97 Å². The Kier molecular flexibility index (Phi) is 6.01. The minimum atomic E-state index is -0.392. The van der Waals surface area contributed by atoms with Gasteiger partial charge in [-0.25, -0.2) is 4.79 Å². The predicted octanol–water partition coefficient (Wildman–Crippen LogP) is 3.10. The van der Waals surface area contributed by atoms with E-state index in [-0.39, 0.29) is 24.2 Å². The molecule has 1 aliphatic rings. The van der Waals surface area contributed by atoms with E-state index in [4.69, 9.17) is 4.74 Å². The summed E-state index contributed by atoms with van der Waals surface area (Å²) in [6.07, 6.45) is 0.220. The van der Waals surface area contributed by atoms with Crippen LogP contribution in [0, 0.1) is 19.8 Å². The van der Waals surface area contributed by atoms with Crippen molar-refractivity contribution in [2.75, 3.05) is 25.6 Å². The average Bonchev–Trinajstić information content (AvgIpc) is 3.10. The van der Waals surface area contributed by atoms with Crippen LogP contribution in [0.3, 0.4) is 0 Å². The highest BCUT2D eigenvalue weighted by molar-refractivity contribution is 6.00. The van der Waals surface area contributed by atoms with Crippen molar-refractivity contribution in [3.05, 3.63) is 64.7 Å².